The summed E-state index contributed by atoms with van der Waals surface area (Å²) < 4.78 is 5.33. The van der Waals surface area contributed by atoms with Crippen LogP contribution in [-0.2, 0) is 9.53 Å². The molecule has 1 aliphatic carbocycles. The average molecular weight is 212 g/mol. The molecule has 1 saturated heterocycles. The van der Waals surface area contributed by atoms with Crippen molar-refractivity contribution < 1.29 is 9.53 Å². The van der Waals surface area contributed by atoms with Gasteiger partial charge in [-0.1, -0.05) is 6.42 Å². The molecule has 1 amide bonds. The lowest BCUT2D eigenvalue weighted by Crippen LogP contribution is -2.54. The fourth-order valence-electron chi connectivity index (χ4n) is 2.32. The summed E-state index contributed by atoms with van der Waals surface area (Å²) in [4.78, 5) is 12.0. The molecule has 0 aromatic heterocycles. The Labute approximate surface area is 90.5 Å². The number of hydrogen-bond acceptors (Lipinski definition) is 3. The zero-order chi connectivity index (χ0) is 10.7. The van der Waals surface area contributed by atoms with Crippen molar-refractivity contribution in [2.75, 3.05) is 19.8 Å². The number of hydrogen-bond donors (Lipinski definition) is 2. The van der Waals surface area contributed by atoms with Gasteiger partial charge in [0.2, 0.25) is 5.91 Å². The summed E-state index contributed by atoms with van der Waals surface area (Å²) in [6.45, 7) is 1.97. The Morgan fingerprint density at radius 3 is 2.73 bits per heavy atom. The first-order chi connectivity index (χ1) is 7.27. The van der Waals surface area contributed by atoms with Crippen LogP contribution in [0.1, 0.15) is 32.1 Å². The Bertz CT molecular complexity index is 227. The molecule has 4 heteroatoms. The van der Waals surface area contributed by atoms with E-state index in [4.69, 9.17) is 10.5 Å². The Morgan fingerprint density at radius 1 is 1.47 bits per heavy atom. The first-order valence-electron chi connectivity index (χ1n) is 5.86. The van der Waals surface area contributed by atoms with Gasteiger partial charge in [-0.05, 0) is 25.7 Å². The van der Waals surface area contributed by atoms with Gasteiger partial charge in [0.05, 0.1) is 18.1 Å². The van der Waals surface area contributed by atoms with E-state index in [-0.39, 0.29) is 17.4 Å². The Balaban J connectivity index is 1.85. The van der Waals surface area contributed by atoms with Crippen LogP contribution in [0.5, 0.6) is 0 Å². The zero-order valence-corrected chi connectivity index (χ0v) is 9.13. The summed E-state index contributed by atoms with van der Waals surface area (Å²) in [6, 6.07) is 0.204. The van der Waals surface area contributed by atoms with Crippen LogP contribution in [0.25, 0.3) is 0 Å². The standard InChI is InChI=1S/C11H20N2O2/c12-8-11(4-2-5-11)10(14)13-9-3-1-6-15-7-9/h9H,1-8,12H2,(H,13,14). The summed E-state index contributed by atoms with van der Waals surface area (Å²) in [6.07, 6.45) is 5.10. The number of nitrogens with one attached hydrogen (secondary N) is 1. The molecule has 0 radical (unpaired) electrons. The number of ether oxygens (including phenoxy) is 1. The maximum Gasteiger partial charge on any atom is 0.227 e. The van der Waals surface area contributed by atoms with Crippen LogP contribution >= 0.6 is 0 Å². The lowest BCUT2D eigenvalue weighted by molar-refractivity contribution is -0.136. The van der Waals surface area contributed by atoms with Gasteiger partial charge >= 0.3 is 0 Å². The van der Waals surface area contributed by atoms with Crippen molar-refractivity contribution in [1.82, 2.24) is 5.32 Å². The quantitative estimate of drug-likeness (QED) is 0.712. The first kappa shape index (κ1) is 10.9. The number of nitrogens with two attached hydrogens (primary N) is 1. The molecule has 3 N–H and O–H groups in total. The smallest absolute Gasteiger partial charge is 0.227 e. The maximum absolute atomic E-state index is 12.0. The van der Waals surface area contributed by atoms with Crippen molar-refractivity contribution in [2.45, 2.75) is 38.1 Å². The number of carbonyl (C=O) groups is 1. The van der Waals surface area contributed by atoms with E-state index in [0.717, 1.165) is 38.7 Å². The molecule has 2 aliphatic rings. The van der Waals surface area contributed by atoms with Crippen LogP contribution < -0.4 is 11.1 Å². The lowest BCUT2D eigenvalue weighted by Gasteiger charge is -2.40. The monoisotopic (exact) mass is 212 g/mol. The second-order valence-corrected chi connectivity index (χ2v) is 4.73. The summed E-state index contributed by atoms with van der Waals surface area (Å²) >= 11 is 0. The zero-order valence-electron chi connectivity index (χ0n) is 9.13. The number of rotatable bonds is 3. The molecule has 0 spiro atoms. The molecule has 0 aromatic rings. The Morgan fingerprint density at radius 2 is 2.27 bits per heavy atom. The van der Waals surface area contributed by atoms with Gasteiger partial charge in [0.25, 0.3) is 0 Å². The van der Waals surface area contributed by atoms with E-state index in [1.807, 2.05) is 0 Å². The number of amides is 1. The molecule has 1 saturated carbocycles. The SMILES string of the molecule is NCC1(C(=O)NC2CCCOC2)CCC1. The third kappa shape index (κ3) is 2.16. The van der Waals surface area contributed by atoms with Gasteiger partial charge < -0.3 is 15.8 Å². The number of carbonyl (C=O) groups excluding carboxylic acids is 1. The summed E-state index contributed by atoms with van der Waals surface area (Å²) in [5.74, 6) is 0.145. The highest BCUT2D eigenvalue weighted by atomic mass is 16.5. The lowest BCUT2D eigenvalue weighted by atomic mass is 9.68. The minimum Gasteiger partial charge on any atom is -0.379 e. The fourth-order valence-corrected chi connectivity index (χ4v) is 2.32. The summed E-state index contributed by atoms with van der Waals surface area (Å²) in [5.41, 5.74) is 5.43. The van der Waals surface area contributed by atoms with Crippen LogP contribution in [0.2, 0.25) is 0 Å². The topological polar surface area (TPSA) is 64.4 Å². The first-order valence-corrected chi connectivity index (χ1v) is 5.86. The second kappa shape index (κ2) is 4.49. The van der Waals surface area contributed by atoms with Crippen molar-refractivity contribution >= 4 is 5.91 Å². The van der Waals surface area contributed by atoms with E-state index in [1.165, 1.54) is 0 Å². The van der Waals surface area contributed by atoms with E-state index in [1.54, 1.807) is 0 Å². The predicted octanol–water partition coefficient (Wildman–Crippen LogP) is 0.411. The van der Waals surface area contributed by atoms with E-state index >= 15 is 0 Å². The summed E-state index contributed by atoms with van der Waals surface area (Å²) in [7, 11) is 0. The van der Waals surface area contributed by atoms with Crippen molar-refractivity contribution in [3.05, 3.63) is 0 Å². The van der Waals surface area contributed by atoms with Crippen LogP contribution in [-0.4, -0.2) is 31.7 Å². The summed E-state index contributed by atoms with van der Waals surface area (Å²) in [5, 5.41) is 3.07. The third-order valence-corrected chi connectivity index (χ3v) is 3.68. The minimum atomic E-state index is -0.253. The molecular formula is C11H20N2O2. The molecule has 0 aromatic carbocycles. The normalized spacial score (nSPS) is 29.3. The van der Waals surface area contributed by atoms with Gasteiger partial charge in [-0.25, -0.2) is 0 Å². The second-order valence-electron chi connectivity index (χ2n) is 4.73. The molecule has 1 unspecified atom stereocenters. The van der Waals surface area contributed by atoms with Crippen molar-refractivity contribution in [1.29, 1.82) is 0 Å². The highest BCUT2D eigenvalue weighted by molar-refractivity contribution is 5.84. The van der Waals surface area contributed by atoms with E-state index in [9.17, 15) is 4.79 Å². The van der Waals surface area contributed by atoms with Crippen LogP contribution in [0.4, 0.5) is 0 Å². The van der Waals surface area contributed by atoms with Gasteiger partial charge in [0.15, 0.2) is 0 Å². The molecule has 2 rings (SSSR count). The molecule has 1 aliphatic heterocycles. The van der Waals surface area contributed by atoms with Crippen molar-refractivity contribution in [2.24, 2.45) is 11.1 Å². The highest BCUT2D eigenvalue weighted by Gasteiger charge is 2.43. The molecule has 1 atom stereocenters. The Hall–Kier alpha value is -0.610. The van der Waals surface area contributed by atoms with E-state index in [2.05, 4.69) is 5.32 Å². The average Bonchev–Trinajstić information content (AvgIpc) is 2.18. The van der Waals surface area contributed by atoms with Crippen molar-refractivity contribution in [3.8, 4) is 0 Å². The van der Waals surface area contributed by atoms with Gasteiger partial charge in [-0.3, -0.25) is 4.79 Å². The van der Waals surface area contributed by atoms with Gasteiger partial charge in [0, 0.05) is 13.2 Å². The minimum absolute atomic E-state index is 0.145. The molecule has 0 bridgehead atoms. The fraction of sp³-hybridized carbons (Fsp3) is 0.909. The predicted molar refractivity (Wildman–Crippen MR) is 57.3 cm³/mol. The third-order valence-electron chi connectivity index (χ3n) is 3.68. The molecule has 4 nitrogen and oxygen atoms in total. The largest absolute Gasteiger partial charge is 0.379 e. The van der Waals surface area contributed by atoms with Gasteiger partial charge in [0.1, 0.15) is 0 Å². The van der Waals surface area contributed by atoms with Crippen LogP contribution in [0.3, 0.4) is 0 Å². The van der Waals surface area contributed by atoms with E-state index < -0.39 is 0 Å². The van der Waals surface area contributed by atoms with Crippen LogP contribution in [0.15, 0.2) is 0 Å². The molecule has 15 heavy (non-hydrogen) atoms. The van der Waals surface area contributed by atoms with Crippen molar-refractivity contribution in [3.63, 3.8) is 0 Å². The molecule has 1 heterocycles. The van der Waals surface area contributed by atoms with Gasteiger partial charge in [-0.15, -0.1) is 0 Å². The Kier molecular flexibility index (Phi) is 3.26. The molecular weight excluding hydrogens is 192 g/mol. The van der Waals surface area contributed by atoms with Gasteiger partial charge in [-0.2, -0.15) is 0 Å². The highest BCUT2D eigenvalue weighted by Crippen LogP contribution is 2.40. The maximum atomic E-state index is 12.0. The van der Waals surface area contributed by atoms with Crippen LogP contribution in [0, 0.1) is 5.41 Å². The molecule has 2 fully saturated rings. The molecule has 86 valence electrons. The van der Waals surface area contributed by atoms with E-state index in [0.29, 0.717) is 13.2 Å².